The molecule has 0 aliphatic rings. The Morgan fingerprint density at radius 2 is 2.00 bits per heavy atom. The number of carbonyl (C=O) groups excluding carboxylic acids is 1. The number of hydrogen-bond acceptors (Lipinski definition) is 5. The Balaban J connectivity index is 1.52. The number of aryl methyl sites for hydroxylation is 2. The fourth-order valence-electron chi connectivity index (χ4n) is 2.73. The molecule has 2 aromatic heterocycles. The Bertz CT molecular complexity index is 916. The summed E-state index contributed by atoms with van der Waals surface area (Å²) in [5.74, 6) is -0.539. The van der Waals surface area contributed by atoms with Gasteiger partial charge in [-0.1, -0.05) is 0 Å². The molecule has 7 heteroatoms. The van der Waals surface area contributed by atoms with Crippen LogP contribution in [0.5, 0.6) is 0 Å². The van der Waals surface area contributed by atoms with Crippen molar-refractivity contribution in [2.45, 2.75) is 33.3 Å². The van der Waals surface area contributed by atoms with Gasteiger partial charge in [-0.05, 0) is 50.1 Å². The van der Waals surface area contributed by atoms with Crippen LogP contribution in [0.2, 0.25) is 0 Å². The Hall–Kier alpha value is -2.54. The maximum absolute atomic E-state index is 13.0. The predicted molar refractivity (Wildman–Crippen MR) is 98.3 cm³/mol. The highest BCUT2D eigenvalue weighted by molar-refractivity contribution is 7.13. The lowest BCUT2D eigenvalue weighted by Gasteiger charge is -2.04. The predicted octanol–water partition coefficient (Wildman–Crippen LogP) is 3.98. The zero-order valence-electron chi connectivity index (χ0n) is 15.0. The van der Waals surface area contributed by atoms with Gasteiger partial charge in [-0.25, -0.2) is 9.37 Å². The number of halogens is 1. The summed E-state index contributed by atoms with van der Waals surface area (Å²) in [5, 5.41) is 6.98. The highest BCUT2D eigenvalue weighted by Gasteiger charge is 2.13. The lowest BCUT2D eigenvalue weighted by molar-refractivity contribution is -0.145. The fourth-order valence-corrected chi connectivity index (χ4v) is 3.54. The molecule has 136 valence electrons. The highest BCUT2D eigenvalue weighted by Crippen LogP contribution is 2.24. The number of rotatable bonds is 6. The van der Waals surface area contributed by atoms with E-state index < -0.39 is 0 Å². The van der Waals surface area contributed by atoms with Crippen LogP contribution in [0, 0.1) is 19.7 Å². The van der Waals surface area contributed by atoms with Crippen molar-refractivity contribution in [1.29, 1.82) is 0 Å². The molecule has 0 aliphatic carbocycles. The summed E-state index contributed by atoms with van der Waals surface area (Å²) in [6, 6.07) is 6.17. The van der Waals surface area contributed by atoms with Crippen molar-refractivity contribution in [2.24, 2.45) is 7.05 Å². The number of hydrogen-bond donors (Lipinski definition) is 0. The lowest BCUT2D eigenvalue weighted by atomic mass is 10.1. The van der Waals surface area contributed by atoms with Gasteiger partial charge < -0.3 is 4.74 Å². The van der Waals surface area contributed by atoms with Crippen molar-refractivity contribution in [2.75, 3.05) is 0 Å². The molecule has 0 amide bonds. The van der Waals surface area contributed by atoms with E-state index in [-0.39, 0.29) is 18.4 Å². The summed E-state index contributed by atoms with van der Waals surface area (Å²) in [4.78, 5) is 16.5. The molecule has 0 aliphatic heterocycles. The first-order chi connectivity index (χ1) is 12.4. The molecular formula is C19H20FN3O2S. The van der Waals surface area contributed by atoms with Crippen molar-refractivity contribution in [3.8, 4) is 10.6 Å². The van der Waals surface area contributed by atoms with Crippen LogP contribution in [0.3, 0.4) is 0 Å². The second-order valence-electron chi connectivity index (χ2n) is 6.08. The molecule has 0 N–H and O–H groups in total. The average molecular weight is 373 g/mol. The zero-order valence-corrected chi connectivity index (χ0v) is 15.8. The number of nitrogens with zero attached hydrogens (tertiary/aromatic N) is 3. The molecule has 0 unspecified atom stereocenters. The van der Waals surface area contributed by atoms with E-state index in [4.69, 9.17) is 4.74 Å². The SMILES string of the molecule is Cc1nn(C)c(C)c1CCC(=O)OCc1csc(-c2ccc(F)cc2)n1. The number of esters is 1. The van der Waals surface area contributed by atoms with E-state index in [9.17, 15) is 9.18 Å². The molecule has 26 heavy (non-hydrogen) atoms. The van der Waals surface area contributed by atoms with Crippen LogP contribution in [0.1, 0.15) is 29.1 Å². The molecule has 1 aromatic carbocycles. The third kappa shape index (κ3) is 4.16. The van der Waals surface area contributed by atoms with Gasteiger partial charge in [0.15, 0.2) is 0 Å². The van der Waals surface area contributed by atoms with E-state index in [1.807, 2.05) is 31.0 Å². The van der Waals surface area contributed by atoms with E-state index in [0.717, 1.165) is 27.5 Å². The molecule has 0 saturated carbocycles. The zero-order chi connectivity index (χ0) is 18.7. The normalized spacial score (nSPS) is 10.9. The minimum atomic E-state index is -0.279. The molecule has 0 radical (unpaired) electrons. The van der Waals surface area contributed by atoms with Crippen LogP contribution in [0.25, 0.3) is 10.6 Å². The summed E-state index contributed by atoms with van der Waals surface area (Å²) in [6.45, 7) is 4.08. The Morgan fingerprint density at radius 1 is 1.27 bits per heavy atom. The number of thiazole rings is 1. The summed E-state index contributed by atoms with van der Waals surface area (Å²) >= 11 is 1.44. The van der Waals surface area contributed by atoms with Crippen molar-refractivity contribution >= 4 is 17.3 Å². The molecular weight excluding hydrogens is 353 g/mol. The van der Waals surface area contributed by atoms with Crippen molar-refractivity contribution in [3.05, 3.63) is 58.1 Å². The van der Waals surface area contributed by atoms with E-state index in [1.165, 1.54) is 23.5 Å². The largest absolute Gasteiger partial charge is 0.459 e. The highest BCUT2D eigenvalue weighted by atomic mass is 32.1. The van der Waals surface area contributed by atoms with Crippen molar-refractivity contribution < 1.29 is 13.9 Å². The molecule has 3 rings (SSSR count). The van der Waals surface area contributed by atoms with Crippen LogP contribution < -0.4 is 0 Å². The van der Waals surface area contributed by atoms with E-state index in [1.54, 1.807) is 12.1 Å². The Morgan fingerprint density at radius 3 is 2.65 bits per heavy atom. The van der Waals surface area contributed by atoms with E-state index in [2.05, 4.69) is 10.1 Å². The topological polar surface area (TPSA) is 57.0 Å². The van der Waals surface area contributed by atoms with Crippen LogP contribution in [0.4, 0.5) is 4.39 Å². The molecule has 0 atom stereocenters. The van der Waals surface area contributed by atoms with E-state index >= 15 is 0 Å². The second kappa shape index (κ2) is 7.78. The summed E-state index contributed by atoms with van der Waals surface area (Å²) < 4.78 is 20.1. The quantitative estimate of drug-likeness (QED) is 0.614. The lowest BCUT2D eigenvalue weighted by Crippen LogP contribution is -2.07. The smallest absolute Gasteiger partial charge is 0.306 e. The van der Waals surface area contributed by atoms with Gasteiger partial charge in [0, 0.05) is 30.1 Å². The maximum Gasteiger partial charge on any atom is 0.306 e. The van der Waals surface area contributed by atoms with Gasteiger partial charge >= 0.3 is 5.97 Å². The van der Waals surface area contributed by atoms with Gasteiger partial charge in [0.25, 0.3) is 0 Å². The molecule has 0 bridgehead atoms. The van der Waals surface area contributed by atoms with Gasteiger partial charge in [0.05, 0.1) is 11.4 Å². The summed E-state index contributed by atoms with van der Waals surface area (Å²) in [5.41, 5.74) is 4.64. The molecule has 2 heterocycles. The first kappa shape index (κ1) is 18.3. The van der Waals surface area contributed by atoms with Gasteiger partial charge in [-0.3, -0.25) is 9.48 Å². The third-order valence-corrected chi connectivity index (χ3v) is 5.20. The molecule has 0 fully saturated rings. The van der Waals surface area contributed by atoms with Crippen LogP contribution in [-0.4, -0.2) is 20.7 Å². The molecule has 5 nitrogen and oxygen atoms in total. The van der Waals surface area contributed by atoms with Gasteiger partial charge in [0.2, 0.25) is 0 Å². The van der Waals surface area contributed by atoms with Gasteiger partial charge in [-0.15, -0.1) is 11.3 Å². The van der Waals surface area contributed by atoms with Gasteiger partial charge in [-0.2, -0.15) is 5.10 Å². The van der Waals surface area contributed by atoms with Gasteiger partial charge in [0.1, 0.15) is 17.4 Å². The summed E-state index contributed by atoms with van der Waals surface area (Å²) in [7, 11) is 1.89. The van der Waals surface area contributed by atoms with Crippen molar-refractivity contribution in [3.63, 3.8) is 0 Å². The van der Waals surface area contributed by atoms with Crippen LogP contribution in [-0.2, 0) is 29.6 Å². The first-order valence-corrected chi connectivity index (χ1v) is 9.17. The standard InChI is InChI=1S/C19H20FN3O2S/c1-12-17(13(2)23(3)22-12)8-9-18(24)25-10-16-11-26-19(21-16)14-4-6-15(20)7-5-14/h4-7,11H,8-10H2,1-3H3. The molecule has 0 spiro atoms. The minimum Gasteiger partial charge on any atom is -0.459 e. The first-order valence-electron chi connectivity index (χ1n) is 8.29. The number of benzene rings is 1. The number of aromatic nitrogens is 3. The monoisotopic (exact) mass is 373 g/mol. The molecule has 0 saturated heterocycles. The average Bonchev–Trinajstić information content (AvgIpc) is 3.18. The maximum atomic E-state index is 13.0. The second-order valence-corrected chi connectivity index (χ2v) is 6.94. The van der Waals surface area contributed by atoms with Crippen molar-refractivity contribution in [1.82, 2.24) is 14.8 Å². The summed E-state index contributed by atoms with van der Waals surface area (Å²) in [6.07, 6.45) is 0.921. The number of ether oxygens (including phenoxy) is 1. The fraction of sp³-hybridized carbons (Fsp3) is 0.316. The molecule has 3 aromatic rings. The van der Waals surface area contributed by atoms with Crippen LogP contribution >= 0.6 is 11.3 Å². The third-order valence-electron chi connectivity index (χ3n) is 4.26. The Kier molecular flexibility index (Phi) is 5.46. The minimum absolute atomic E-state index is 0.140. The number of carbonyl (C=O) groups is 1. The van der Waals surface area contributed by atoms with E-state index in [0.29, 0.717) is 18.5 Å². The van der Waals surface area contributed by atoms with Crippen LogP contribution in [0.15, 0.2) is 29.6 Å². The Labute approximate surface area is 155 Å².